The fourth-order valence-corrected chi connectivity index (χ4v) is 1.80. The van der Waals surface area contributed by atoms with Gasteiger partial charge in [0.2, 0.25) is 0 Å². The molecule has 0 saturated carbocycles. The SMILES string of the molecule is Oc1ccc(SC(F)(F)F)cc1Br. The summed E-state index contributed by atoms with van der Waals surface area (Å²) in [4.78, 5) is 0.0391. The van der Waals surface area contributed by atoms with Crippen LogP contribution >= 0.6 is 27.7 Å². The monoisotopic (exact) mass is 272 g/mol. The van der Waals surface area contributed by atoms with Gasteiger partial charge in [-0.05, 0) is 45.9 Å². The first kappa shape index (κ1) is 10.7. The molecule has 0 spiro atoms. The van der Waals surface area contributed by atoms with E-state index in [-0.39, 0.29) is 26.9 Å². The van der Waals surface area contributed by atoms with Crippen LogP contribution in [0.15, 0.2) is 27.6 Å². The molecule has 0 saturated heterocycles. The molecule has 0 aliphatic rings. The average Bonchev–Trinajstić information content (AvgIpc) is 1.94. The van der Waals surface area contributed by atoms with Crippen LogP contribution in [0.3, 0.4) is 0 Å². The van der Waals surface area contributed by atoms with Crippen LogP contribution in [0.5, 0.6) is 5.75 Å². The number of phenolic OH excluding ortho intramolecular Hbond substituents is 1. The van der Waals surface area contributed by atoms with E-state index < -0.39 is 5.51 Å². The highest BCUT2D eigenvalue weighted by Crippen LogP contribution is 2.39. The first-order chi connectivity index (χ1) is 5.88. The Hall–Kier alpha value is -0.360. The molecular formula is C7H4BrF3OS. The van der Waals surface area contributed by atoms with Gasteiger partial charge in [0.15, 0.2) is 0 Å². The van der Waals surface area contributed by atoms with E-state index in [1.54, 1.807) is 0 Å². The maximum absolute atomic E-state index is 11.9. The number of halogens is 4. The van der Waals surface area contributed by atoms with Gasteiger partial charge in [0.05, 0.1) is 4.47 Å². The number of hydrogen-bond acceptors (Lipinski definition) is 2. The van der Waals surface area contributed by atoms with Gasteiger partial charge in [-0.25, -0.2) is 0 Å². The van der Waals surface area contributed by atoms with E-state index >= 15 is 0 Å². The van der Waals surface area contributed by atoms with Gasteiger partial charge in [-0.3, -0.25) is 0 Å². The minimum absolute atomic E-state index is 0.0391. The maximum Gasteiger partial charge on any atom is 0.446 e. The summed E-state index contributed by atoms with van der Waals surface area (Å²) in [5.74, 6) is -0.0773. The number of phenols is 1. The third kappa shape index (κ3) is 3.48. The molecule has 0 atom stereocenters. The largest absolute Gasteiger partial charge is 0.507 e. The van der Waals surface area contributed by atoms with E-state index in [4.69, 9.17) is 5.11 Å². The van der Waals surface area contributed by atoms with Crippen LogP contribution in [0.25, 0.3) is 0 Å². The maximum atomic E-state index is 11.9. The van der Waals surface area contributed by atoms with Gasteiger partial charge in [-0.2, -0.15) is 13.2 Å². The zero-order valence-corrected chi connectivity index (χ0v) is 8.50. The van der Waals surface area contributed by atoms with Gasteiger partial charge in [0, 0.05) is 4.90 Å². The van der Waals surface area contributed by atoms with E-state index in [9.17, 15) is 13.2 Å². The molecule has 0 bridgehead atoms. The molecule has 0 aliphatic carbocycles. The molecule has 1 N–H and O–H groups in total. The lowest BCUT2D eigenvalue weighted by atomic mass is 10.3. The quantitative estimate of drug-likeness (QED) is 0.786. The van der Waals surface area contributed by atoms with Crippen molar-refractivity contribution in [3.8, 4) is 5.75 Å². The average molecular weight is 273 g/mol. The standard InChI is InChI=1S/C7H4BrF3OS/c8-5-3-4(1-2-6(5)12)13-7(9,10)11/h1-3,12H. The Labute approximate surface area is 85.1 Å². The summed E-state index contributed by atoms with van der Waals surface area (Å²) >= 11 is 2.71. The van der Waals surface area contributed by atoms with E-state index in [0.717, 1.165) is 0 Å². The van der Waals surface area contributed by atoms with E-state index in [0.29, 0.717) is 0 Å². The van der Waals surface area contributed by atoms with Gasteiger partial charge >= 0.3 is 5.51 Å². The molecule has 0 heterocycles. The third-order valence-corrected chi connectivity index (χ3v) is 2.51. The molecule has 0 aromatic heterocycles. The minimum Gasteiger partial charge on any atom is -0.507 e. The normalized spacial score (nSPS) is 11.7. The fourth-order valence-electron chi connectivity index (χ4n) is 0.685. The predicted molar refractivity (Wildman–Crippen MR) is 47.7 cm³/mol. The second kappa shape index (κ2) is 3.79. The van der Waals surface area contributed by atoms with Crippen LogP contribution in [0.4, 0.5) is 13.2 Å². The second-order valence-corrected chi connectivity index (χ2v) is 4.15. The van der Waals surface area contributed by atoms with Crippen LogP contribution in [0, 0.1) is 0 Å². The van der Waals surface area contributed by atoms with Gasteiger partial charge < -0.3 is 5.11 Å². The highest BCUT2D eigenvalue weighted by Gasteiger charge is 2.29. The van der Waals surface area contributed by atoms with Crippen molar-refractivity contribution in [2.75, 3.05) is 0 Å². The van der Waals surface area contributed by atoms with Crippen molar-refractivity contribution in [1.82, 2.24) is 0 Å². The van der Waals surface area contributed by atoms with E-state index in [1.165, 1.54) is 18.2 Å². The highest BCUT2D eigenvalue weighted by atomic mass is 79.9. The summed E-state index contributed by atoms with van der Waals surface area (Å²) in [5, 5.41) is 9.00. The zero-order chi connectivity index (χ0) is 10.1. The molecule has 1 rings (SSSR count). The lowest BCUT2D eigenvalue weighted by Crippen LogP contribution is -1.98. The van der Waals surface area contributed by atoms with Crippen molar-refractivity contribution in [2.24, 2.45) is 0 Å². The van der Waals surface area contributed by atoms with Crippen molar-refractivity contribution < 1.29 is 18.3 Å². The van der Waals surface area contributed by atoms with Crippen LogP contribution in [0.2, 0.25) is 0 Å². The molecule has 6 heteroatoms. The summed E-state index contributed by atoms with van der Waals surface area (Å²) in [5.41, 5.74) is -4.30. The van der Waals surface area contributed by atoms with Crippen molar-refractivity contribution in [1.29, 1.82) is 0 Å². The van der Waals surface area contributed by atoms with Crippen LogP contribution in [0.1, 0.15) is 0 Å². The first-order valence-electron chi connectivity index (χ1n) is 3.13. The molecule has 0 unspecified atom stereocenters. The van der Waals surface area contributed by atoms with Gasteiger partial charge in [0.25, 0.3) is 0 Å². The van der Waals surface area contributed by atoms with Crippen molar-refractivity contribution in [3.05, 3.63) is 22.7 Å². The molecule has 0 aliphatic heterocycles. The van der Waals surface area contributed by atoms with Crippen LogP contribution in [-0.2, 0) is 0 Å². The fraction of sp³-hybridized carbons (Fsp3) is 0.143. The highest BCUT2D eigenvalue weighted by molar-refractivity contribution is 9.10. The molecule has 1 aromatic carbocycles. The van der Waals surface area contributed by atoms with Crippen molar-refractivity contribution in [2.45, 2.75) is 10.4 Å². The first-order valence-corrected chi connectivity index (χ1v) is 4.74. The topological polar surface area (TPSA) is 20.2 Å². The number of rotatable bonds is 1. The Balaban J connectivity index is 2.86. The minimum atomic E-state index is -4.30. The van der Waals surface area contributed by atoms with Gasteiger partial charge in [-0.1, -0.05) is 0 Å². The Kier molecular flexibility index (Phi) is 3.13. The lowest BCUT2D eigenvalue weighted by Gasteiger charge is -2.05. The van der Waals surface area contributed by atoms with E-state index in [1.807, 2.05) is 0 Å². The van der Waals surface area contributed by atoms with Crippen molar-refractivity contribution >= 4 is 27.7 Å². The van der Waals surface area contributed by atoms with Gasteiger partial charge in [0.1, 0.15) is 5.75 Å². The summed E-state index contributed by atoms with van der Waals surface area (Å²) in [6, 6.07) is 3.63. The molecule has 13 heavy (non-hydrogen) atoms. The van der Waals surface area contributed by atoms with Gasteiger partial charge in [-0.15, -0.1) is 0 Å². The Morgan fingerprint density at radius 1 is 1.31 bits per heavy atom. The summed E-state index contributed by atoms with van der Waals surface area (Å²) in [6.45, 7) is 0. The Morgan fingerprint density at radius 3 is 2.38 bits per heavy atom. The zero-order valence-electron chi connectivity index (χ0n) is 6.10. The number of hydrogen-bond donors (Lipinski definition) is 1. The molecule has 0 radical (unpaired) electrons. The smallest absolute Gasteiger partial charge is 0.446 e. The number of thioether (sulfide) groups is 1. The molecule has 72 valence electrons. The molecule has 1 nitrogen and oxygen atoms in total. The predicted octanol–water partition coefficient (Wildman–Crippen LogP) is 3.77. The number of aromatic hydroxyl groups is 1. The Morgan fingerprint density at radius 2 is 1.92 bits per heavy atom. The molecule has 0 amide bonds. The second-order valence-electron chi connectivity index (χ2n) is 2.16. The lowest BCUT2D eigenvalue weighted by molar-refractivity contribution is -0.0328. The molecule has 1 aromatic rings. The summed E-state index contributed by atoms with van der Waals surface area (Å²) < 4.78 is 35.8. The summed E-state index contributed by atoms with van der Waals surface area (Å²) in [6.07, 6.45) is 0. The van der Waals surface area contributed by atoms with Crippen LogP contribution in [-0.4, -0.2) is 10.6 Å². The Bertz CT molecular complexity index is 313. The third-order valence-electron chi connectivity index (χ3n) is 1.15. The number of alkyl halides is 3. The van der Waals surface area contributed by atoms with Crippen LogP contribution < -0.4 is 0 Å². The summed E-state index contributed by atoms with van der Waals surface area (Å²) in [7, 11) is 0. The molecule has 0 fully saturated rings. The van der Waals surface area contributed by atoms with Crippen molar-refractivity contribution in [3.63, 3.8) is 0 Å². The number of benzene rings is 1. The van der Waals surface area contributed by atoms with E-state index in [2.05, 4.69) is 15.9 Å². The molecular weight excluding hydrogens is 269 g/mol.